The van der Waals surface area contributed by atoms with E-state index in [0.717, 1.165) is 11.4 Å². The molecule has 1 amide bonds. The molecule has 2 rings (SSSR count). The number of methoxy groups -OCH3 is 1. The SMILES string of the molecule is COc1cccc(N2CCN(C(=O)C(C)OCC(F)(F)F)CC2)c1. The second-order valence-corrected chi connectivity index (χ2v) is 5.58. The Morgan fingerprint density at radius 1 is 1.25 bits per heavy atom. The first-order valence-corrected chi connectivity index (χ1v) is 7.66. The van der Waals surface area contributed by atoms with E-state index >= 15 is 0 Å². The molecule has 0 aliphatic carbocycles. The van der Waals surface area contributed by atoms with Crippen molar-refractivity contribution in [2.45, 2.75) is 19.2 Å². The van der Waals surface area contributed by atoms with Crippen LogP contribution in [0.1, 0.15) is 6.92 Å². The van der Waals surface area contributed by atoms with E-state index in [9.17, 15) is 18.0 Å². The van der Waals surface area contributed by atoms with Crippen LogP contribution in [0.4, 0.5) is 18.9 Å². The van der Waals surface area contributed by atoms with Crippen molar-refractivity contribution in [2.24, 2.45) is 0 Å². The molecule has 0 aromatic heterocycles. The lowest BCUT2D eigenvalue weighted by Gasteiger charge is -2.37. The van der Waals surface area contributed by atoms with Gasteiger partial charge in [-0.2, -0.15) is 13.2 Å². The normalized spacial score (nSPS) is 16.9. The van der Waals surface area contributed by atoms with Crippen molar-refractivity contribution < 1.29 is 27.4 Å². The number of hydrogen-bond acceptors (Lipinski definition) is 4. The van der Waals surface area contributed by atoms with Crippen LogP contribution in [0, 0.1) is 0 Å². The maximum atomic E-state index is 12.2. The number of halogens is 3. The summed E-state index contributed by atoms with van der Waals surface area (Å²) in [6, 6.07) is 7.60. The summed E-state index contributed by atoms with van der Waals surface area (Å²) in [6.45, 7) is 2.02. The molecule has 1 saturated heterocycles. The third-order valence-electron chi connectivity index (χ3n) is 3.85. The third-order valence-corrected chi connectivity index (χ3v) is 3.85. The van der Waals surface area contributed by atoms with Crippen LogP contribution in [0.2, 0.25) is 0 Å². The minimum Gasteiger partial charge on any atom is -0.497 e. The van der Waals surface area contributed by atoms with E-state index in [1.807, 2.05) is 24.3 Å². The Morgan fingerprint density at radius 3 is 2.50 bits per heavy atom. The molecule has 1 unspecified atom stereocenters. The Kier molecular flexibility index (Phi) is 5.93. The second-order valence-electron chi connectivity index (χ2n) is 5.58. The van der Waals surface area contributed by atoms with Crippen LogP contribution in [-0.4, -0.2) is 63.0 Å². The van der Waals surface area contributed by atoms with Crippen LogP contribution >= 0.6 is 0 Å². The molecule has 0 N–H and O–H groups in total. The van der Waals surface area contributed by atoms with E-state index in [0.29, 0.717) is 26.2 Å². The predicted octanol–water partition coefficient (Wildman–Crippen LogP) is 2.31. The lowest BCUT2D eigenvalue weighted by molar-refractivity contribution is -0.188. The molecule has 1 aliphatic rings. The highest BCUT2D eigenvalue weighted by Crippen LogP contribution is 2.22. The van der Waals surface area contributed by atoms with Gasteiger partial charge in [-0.3, -0.25) is 4.79 Å². The quantitative estimate of drug-likeness (QED) is 0.821. The van der Waals surface area contributed by atoms with Crippen molar-refractivity contribution in [1.29, 1.82) is 0 Å². The van der Waals surface area contributed by atoms with Gasteiger partial charge in [0.05, 0.1) is 7.11 Å². The van der Waals surface area contributed by atoms with Crippen LogP contribution < -0.4 is 9.64 Å². The fourth-order valence-corrected chi connectivity index (χ4v) is 2.54. The van der Waals surface area contributed by atoms with Crippen LogP contribution in [0.15, 0.2) is 24.3 Å². The topological polar surface area (TPSA) is 42.0 Å². The average Bonchev–Trinajstić information content (AvgIpc) is 2.58. The minimum absolute atomic E-state index is 0.412. The summed E-state index contributed by atoms with van der Waals surface area (Å²) in [4.78, 5) is 15.8. The van der Waals surface area contributed by atoms with E-state index in [4.69, 9.17) is 4.74 Å². The smallest absolute Gasteiger partial charge is 0.411 e. The number of piperazine rings is 1. The zero-order chi connectivity index (χ0) is 17.7. The van der Waals surface area contributed by atoms with E-state index in [-0.39, 0.29) is 0 Å². The average molecular weight is 346 g/mol. The molecular formula is C16H21F3N2O3. The molecule has 1 aliphatic heterocycles. The summed E-state index contributed by atoms with van der Waals surface area (Å²) in [5.41, 5.74) is 0.989. The first-order chi connectivity index (χ1) is 11.3. The van der Waals surface area contributed by atoms with Crippen LogP contribution in [0.25, 0.3) is 0 Å². The van der Waals surface area contributed by atoms with Gasteiger partial charge >= 0.3 is 6.18 Å². The van der Waals surface area contributed by atoms with Gasteiger partial charge in [-0.1, -0.05) is 6.07 Å². The highest BCUT2D eigenvalue weighted by atomic mass is 19.4. The molecule has 1 heterocycles. The maximum Gasteiger partial charge on any atom is 0.411 e. The van der Waals surface area contributed by atoms with Crippen LogP contribution in [0.5, 0.6) is 5.75 Å². The number of hydrogen-bond donors (Lipinski definition) is 0. The lowest BCUT2D eigenvalue weighted by Crippen LogP contribution is -2.51. The number of carbonyl (C=O) groups excluding carboxylic acids is 1. The Bertz CT molecular complexity index is 558. The highest BCUT2D eigenvalue weighted by Gasteiger charge is 2.32. The number of anilines is 1. The Morgan fingerprint density at radius 2 is 1.92 bits per heavy atom. The fourth-order valence-electron chi connectivity index (χ4n) is 2.54. The molecule has 1 aromatic rings. The van der Waals surface area contributed by atoms with Crippen LogP contribution in [-0.2, 0) is 9.53 Å². The van der Waals surface area contributed by atoms with Gasteiger partial charge in [0, 0.05) is 37.9 Å². The molecule has 134 valence electrons. The molecule has 1 atom stereocenters. The molecule has 0 radical (unpaired) electrons. The maximum absolute atomic E-state index is 12.2. The van der Waals surface area contributed by atoms with Crippen molar-refractivity contribution in [3.63, 3.8) is 0 Å². The lowest BCUT2D eigenvalue weighted by atomic mass is 10.2. The van der Waals surface area contributed by atoms with Gasteiger partial charge in [-0.15, -0.1) is 0 Å². The summed E-state index contributed by atoms with van der Waals surface area (Å²) >= 11 is 0. The summed E-state index contributed by atoms with van der Waals surface area (Å²) in [7, 11) is 1.60. The number of amides is 1. The molecule has 8 heteroatoms. The van der Waals surface area contributed by atoms with Crippen molar-refractivity contribution in [1.82, 2.24) is 4.90 Å². The molecule has 24 heavy (non-hydrogen) atoms. The van der Waals surface area contributed by atoms with E-state index < -0.39 is 24.8 Å². The largest absolute Gasteiger partial charge is 0.497 e. The van der Waals surface area contributed by atoms with Crippen molar-refractivity contribution in [2.75, 3.05) is 44.8 Å². The molecule has 0 saturated carbocycles. The first-order valence-electron chi connectivity index (χ1n) is 7.66. The second kappa shape index (κ2) is 7.74. The number of ether oxygens (including phenoxy) is 2. The van der Waals surface area contributed by atoms with Crippen molar-refractivity contribution >= 4 is 11.6 Å². The summed E-state index contributed by atoms with van der Waals surface area (Å²) < 4.78 is 46.3. The van der Waals surface area contributed by atoms with Crippen LogP contribution in [0.3, 0.4) is 0 Å². The Balaban J connectivity index is 1.86. The number of alkyl halides is 3. The standard InChI is InChI=1S/C16H21F3N2O3/c1-12(24-11-16(17,18)19)15(22)21-8-6-20(7-9-21)13-4-3-5-14(10-13)23-2/h3-5,10,12H,6-9,11H2,1-2H3. The zero-order valence-electron chi connectivity index (χ0n) is 13.7. The molecule has 5 nitrogen and oxygen atoms in total. The van der Waals surface area contributed by atoms with Crippen molar-refractivity contribution in [3.05, 3.63) is 24.3 Å². The molecular weight excluding hydrogens is 325 g/mol. The van der Waals surface area contributed by atoms with Gasteiger partial charge < -0.3 is 19.3 Å². The van der Waals surface area contributed by atoms with Gasteiger partial charge in [-0.05, 0) is 19.1 Å². The molecule has 1 aromatic carbocycles. The van der Waals surface area contributed by atoms with Gasteiger partial charge in [0.2, 0.25) is 0 Å². The summed E-state index contributed by atoms with van der Waals surface area (Å²) in [5, 5.41) is 0. The summed E-state index contributed by atoms with van der Waals surface area (Å²) in [6.07, 6.45) is -5.53. The predicted molar refractivity (Wildman–Crippen MR) is 83.3 cm³/mol. The summed E-state index contributed by atoms with van der Waals surface area (Å²) in [5.74, 6) is 0.338. The Labute approximate surface area is 138 Å². The number of carbonyl (C=O) groups is 1. The molecule has 1 fully saturated rings. The zero-order valence-corrected chi connectivity index (χ0v) is 13.7. The van der Waals surface area contributed by atoms with E-state index in [2.05, 4.69) is 9.64 Å². The van der Waals surface area contributed by atoms with Gasteiger partial charge in [0.1, 0.15) is 18.5 Å². The number of nitrogens with zero attached hydrogens (tertiary/aromatic N) is 2. The fraction of sp³-hybridized carbons (Fsp3) is 0.562. The Hall–Kier alpha value is -1.96. The highest BCUT2D eigenvalue weighted by molar-refractivity contribution is 5.80. The number of rotatable bonds is 5. The minimum atomic E-state index is -4.43. The van der Waals surface area contributed by atoms with Gasteiger partial charge in [0.25, 0.3) is 5.91 Å². The van der Waals surface area contributed by atoms with Gasteiger partial charge in [-0.25, -0.2) is 0 Å². The first kappa shape index (κ1) is 18.4. The van der Waals surface area contributed by atoms with E-state index in [1.54, 1.807) is 7.11 Å². The van der Waals surface area contributed by atoms with Gasteiger partial charge in [0.15, 0.2) is 0 Å². The van der Waals surface area contributed by atoms with Crippen molar-refractivity contribution in [3.8, 4) is 5.75 Å². The third kappa shape index (κ3) is 5.02. The van der Waals surface area contributed by atoms with E-state index in [1.165, 1.54) is 11.8 Å². The monoisotopic (exact) mass is 346 g/mol. The molecule has 0 spiro atoms. The number of benzene rings is 1. The molecule has 0 bridgehead atoms.